The summed E-state index contributed by atoms with van der Waals surface area (Å²) in [6.45, 7) is 6.83. The van der Waals surface area contributed by atoms with Crippen LogP contribution in [0.2, 0.25) is 0 Å². The smallest absolute Gasteiger partial charge is 0.191 e. The molecule has 0 bridgehead atoms. The quantitative estimate of drug-likeness (QED) is 0.251. The van der Waals surface area contributed by atoms with Gasteiger partial charge in [-0.3, -0.25) is 4.99 Å². The van der Waals surface area contributed by atoms with Crippen LogP contribution >= 0.6 is 24.0 Å². The molecular weight excluding hydrogens is 425 g/mol. The van der Waals surface area contributed by atoms with E-state index in [0.717, 1.165) is 31.6 Å². The van der Waals surface area contributed by atoms with E-state index in [1.807, 2.05) is 7.05 Å². The zero-order valence-corrected chi connectivity index (χ0v) is 18.8. The van der Waals surface area contributed by atoms with Crippen LogP contribution in [0.25, 0.3) is 0 Å². The zero-order chi connectivity index (χ0) is 17.0. The number of piperidine rings is 1. The molecule has 1 saturated carbocycles. The van der Waals surface area contributed by atoms with Gasteiger partial charge in [0.1, 0.15) is 0 Å². The molecule has 148 valence electrons. The summed E-state index contributed by atoms with van der Waals surface area (Å²) in [5.74, 6) is 0.951. The van der Waals surface area contributed by atoms with Crippen molar-refractivity contribution < 1.29 is 0 Å². The third-order valence-corrected chi connectivity index (χ3v) is 5.57. The Morgan fingerprint density at radius 3 is 2.32 bits per heavy atom. The van der Waals surface area contributed by atoms with E-state index in [4.69, 9.17) is 0 Å². The molecule has 1 heterocycles. The summed E-state index contributed by atoms with van der Waals surface area (Å²) < 4.78 is 0. The average Bonchev–Trinajstić information content (AvgIpc) is 2.65. The van der Waals surface area contributed by atoms with Crippen LogP contribution in [0, 0.1) is 0 Å². The fourth-order valence-corrected chi connectivity index (χ4v) is 3.98. The molecule has 25 heavy (non-hydrogen) atoms. The summed E-state index contributed by atoms with van der Waals surface area (Å²) in [5.41, 5.74) is 0. The van der Waals surface area contributed by atoms with Gasteiger partial charge in [0.15, 0.2) is 5.96 Å². The number of nitrogens with one attached hydrogen (secondary N) is 2. The fraction of sp³-hybridized carbons (Fsp3) is 0.947. The van der Waals surface area contributed by atoms with Crippen molar-refractivity contribution in [3.8, 4) is 0 Å². The van der Waals surface area contributed by atoms with Crippen LogP contribution in [-0.2, 0) is 0 Å². The van der Waals surface area contributed by atoms with Crippen molar-refractivity contribution in [1.82, 2.24) is 20.4 Å². The first-order valence-corrected chi connectivity index (χ1v) is 10.2. The first-order valence-electron chi connectivity index (χ1n) is 10.2. The lowest BCUT2D eigenvalue weighted by atomic mass is 9.94. The van der Waals surface area contributed by atoms with Crippen LogP contribution in [0.1, 0.15) is 57.8 Å². The van der Waals surface area contributed by atoms with Gasteiger partial charge in [0.2, 0.25) is 0 Å². The first-order chi connectivity index (χ1) is 11.8. The van der Waals surface area contributed by atoms with Gasteiger partial charge in [-0.2, -0.15) is 0 Å². The number of aliphatic imine (C=N–C) groups is 1. The molecule has 0 aromatic heterocycles. The Kier molecular flexibility index (Phi) is 12.9. The standard InChI is InChI=1S/C19H39N5.HI/c1-20-19(22-13-17-24-15-7-4-8-16-24)21-12-9-14-23(2)18-10-5-3-6-11-18;/h18H,3-17H2,1-2H3,(H2,20,21,22);1H. The lowest BCUT2D eigenvalue weighted by Gasteiger charge is -2.31. The van der Waals surface area contributed by atoms with E-state index in [0.29, 0.717) is 0 Å². The van der Waals surface area contributed by atoms with Crippen LogP contribution < -0.4 is 10.6 Å². The highest BCUT2D eigenvalue weighted by atomic mass is 127. The van der Waals surface area contributed by atoms with Gasteiger partial charge in [0, 0.05) is 32.7 Å². The molecule has 0 radical (unpaired) electrons. The summed E-state index contributed by atoms with van der Waals surface area (Å²) in [6, 6.07) is 0.820. The van der Waals surface area contributed by atoms with E-state index in [1.54, 1.807) is 0 Å². The van der Waals surface area contributed by atoms with Crippen LogP contribution in [0.4, 0.5) is 0 Å². The maximum Gasteiger partial charge on any atom is 0.191 e. The van der Waals surface area contributed by atoms with Gasteiger partial charge in [0.25, 0.3) is 0 Å². The molecule has 0 unspecified atom stereocenters. The number of rotatable bonds is 8. The normalized spacial score (nSPS) is 20.4. The molecule has 2 fully saturated rings. The maximum absolute atomic E-state index is 4.34. The summed E-state index contributed by atoms with van der Waals surface area (Å²) >= 11 is 0. The van der Waals surface area contributed by atoms with Crippen molar-refractivity contribution >= 4 is 29.9 Å². The lowest BCUT2D eigenvalue weighted by molar-refractivity contribution is 0.190. The first kappa shape index (κ1) is 23.0. The second-order valence-electron chi connectivity index (χ2n) is 7.45. The third-order valence-electron chi connectivity index (χ3n) is 5.57. The second-order valence-corrected chi connectivity index (χ2v) is 7.45. The van der Waals surface area contributed by atoms with Crippen molar-refractivity contribution in [3.63, 3.8) is 0 Å². The minimum Gasteiger partial charge on any atom is -0.356 e. The molecule has 0 atom stereocenters. The van der Waals surface area contributed by atoms with Gasteiger partial charge < -0.3 is 20.4 Å². The summed E-state index contributed by atoms with van der Waals surface area (Å²) in [7, 11) is 4.16. The van der Waals surface area contributed by atoms with E-state index in [-0.39, 0.29) is 24.0 Å². The molecular formula is C19H40IN5. The van der Waals surface area contributed by atoms with Gasteiger partial charge >= 0.3 is 0 Å². The largest absolute Gasteiger partial charge is 0.356 e. The zero-order valence-electron chi connectivity index (χ0n) is 16.4. The number of halogens is 1. The number of hydrogen-bond donors (Lipinski definition) is 2. The Morgan fingerprint density at radius 1 is 1.00 bits per heavy atom. The Labute approximate surface area is 172 Å². The molecule has 1 aliphatic heterocycles. The number of hydrogen-bond acceptors (Lipinski definition) is 3. The molecule has 2 rings (SSSR count). The minimum atomic E-state index is 0. The summed E-state index contributed by atoms with van der Waals surface area (Å²) in [4.78, 5) is 9.46. The van der Waals surface area contributed by atoms with E-state index in [2.05, 4.69) is 32.5 Å². The molecule has 1 saturated heterocycles. The van der Waals surface area contributed by atoms with Crippen molar-refractivity contribution in [1.29, 1.82) is 0 Å². The Hall–Kier alpha value is -0.0800. The molecule has 2 aliphatic rings. The van der Waals surface area contributed by atoms with Crippen LogP contribution in [0.3, 0.4) is 0 Å². The van der Waals surface area contributed by atoms with Gasteiger partial charge in [-0.1, -0.05) is 25.7 Å². The van der Waals surface area contributed by atoms with Gasteiger partial charge in [-0.25, -0.2) is 0 Å². The monoisotopic (exact) mass is 465 g/mol. The Morgan fingerprint density at radius 2 is 1.64 bits per heavy atom. The van der Waals surface area contributed by atoms with Crippen LogP contribution in [0.15, 0.2) is 4.99 Å². The fourth-order valence-electron chi connectivity index (χ4n) is 3.98. The molecule has 0 amide bonds. The van der Waals surface area contributed by atoms with Gasteiger partial charge in [0.05, 0.1) is 0 Å². The summed E-state index contributed by atoms with van der Waals surface area (Å²) in [6.07, 6.45) is 12.4. The van der Waals surface area contributed by atoms with Crippen LogP contribution in [0.5, 0.6) is 0 Å². The Bertz CT molecular complexity index is 352. The molecule has 2 N–H and O–H groups in total. The SMILES string of the molecule is CN=C(NCCCN(C)C1CCCCC1)NCCN1CCCCC1.I. The van der Waals surface area contributed by atoms with Gasteiger partial charge in [-0.05, 0) is 58.8 Å². The molecule has 6 heteroatoms. The second kappa shape index (κ2) is 14.0. The third kappa shape index (κ3) is 9.43. The number of likely N-dealkylation sites (tertiary alicyclic amines) is 1. The highest BCUT2D eigenvalue weighted by Gasteiger charge is 2.17. The van der Waals surface area contributed by atoms with Crippen molar-refractivity contribution in [3.05, 3.63) is 0 Å². The van der Waals surface area contributed by atoms with E-state index < -0.39 is 0 Å². The topological polar surface area (TPSA) is 42.9 Å². The minimum absolute atomic E-state index is 0. The van der Waals surface area contributed by atoms with Crippen molar-refractivity contribution in [2.45, 2.75) is 63.8 Å². The molecule has 0 aromatic carbocycles. The molecule has 0 aromatic rings. The lowest BCUT2D eigenvalue weighted by Crippen LogP contribution is -2.43. The maximum atomic E-state index is 4.34. The van der Waals surface area contributed by atoms with Crippen molar-refractivity contribution in [2.24, 2.45) is 4.99 Å². The average molecular weight is 465 g/mol. The highest BCUT2D eigenvalue weighted by molar-refractivity contribution is 14.0. The predicted molar refractivity (Wildman–Crippen MR) is 119 cm³/mol. The highest BCUT2D eigenvalue weighted by Crippen LogP contribution is 2.21. The van der Waals surface area contributed by atoms with E-state index in [9.17, 15) is 0 Å². The molecule has 0 spiro atoms. The van der Waals surface area contributed by atoms with E-state index in [1.165, 1.54) is 77.4 Å². The van der Waals surface area contributed by atoms with E-state index >= 15 is 0 Å². The Balaban J connectivity index is 0.00000312. The predicted octanol–water partition coefficient (Wildman–Crippen LogP) is 2.91. The van der Waals surface area contributed by atoms with Crippen molar-refractivity contribution in [2.75, 3.05) is 53.4 Å². The van der Waals surface area contributed by atoms with Gasteiger partial charge in [-0.15, -0.1) is 24.0 Å². The number of guanidine groups is 1. The molecule has 5 nitrogen and oxygen atoms in total. The molecule has 1 aliphatic carbocycles. The number of nitrogens with zero attached hydrogens (tertiary/aromatic N) is 3. The summed E-state index contributed by atoms with van der Waals surface area (Å²) in [5, 5.41) is 6.91. The van der Waals surface area contributed by atoms with Crippen LogP contribution in [-0.4, -0.2) is 75.2 Å².